The molecule has 0 aliphatic carbocycles. The number of anilines is 1. The number of piperazine rings is 1. The minimum absolute atomic E-state index is 0. The lowest BCUT2D eigenvalue weighted by atomic mass is 10.2. The Morgan fingerprint density at radius 2 is 1.58 bits per heavy atom. The number of hydrogen-bond acceptors (Lipinski definition) is 7. The van der Waals surface area contributed by atoms with Crippen LogP contribution in [0.3, 0.4) is 0 Å². The number of methoxy groups -OCH3 is 3. The van der Waals surface area contributed by atoms with Crippen LogP contribution in [0.2, 0.25) is 5.02 Å². The molecule has 10 heteroatoms. The molecule has 7 nitrogen and oxygen atoms in total. The number of benzene rings is 2. The highest BCUT2D eigenvalue weighted by Gasteiger charge is 2.20. The number of aliphatic hydroxyl groups is 1. The molecule has 0 spiro atoms. The summed E-state index contributed by atoms with van der Waals surface area (Å²) in [5.74, 6) is 1.71. The molecular weight excluding hydrogens is 491 g/mol. The predicted molar refractivity (Wildman–Crippen MR) is 136 cm³/mol. The Morgan fingerprint density at radius 3 is 2.12 bits per heavy atom. The highest BCUT2D eigenvalue weighted by molar-refractivity contribution is 6.30. The summed E-state index contributed by atoms with van der Waals surface area (Å²) >= 11 is 6.10. The summed E-state index contributed by atoms with van der Waals surface area (Å²) < 4.78 is 21.8. The van der Waals surface area contributed by atoms with E-state index in [0.717, 1.165) is 42.5 Å². The fraction of sp³-hybridized carbons (Fsp3) is 0.478. The Bertz CT molecular complexity index is 826. The Labute approximate surface area is 213 Å². The van der Waals surface area contributed by atoms with Gasteiger partial charge in [-0.3, -0.25) is 4.90 Å². The van der Waals surface area contributed by atoms with Gasteiger partial charge in [-0.1, -0.05) is 17.7 Å². The third kappa shape index (κ3) is 8.28. The van der Waals surface area contributed by atoms with E-state index in [0.29, 0.717) is 30.4 Å². The molecule has 1 saturated heterocycles. The number of nitrogens with zero attached hydrogens (tertiary/aromatic N) is 2. The second-order valence-corrected chi connectivity index (χ2v) is 7.91. The molecule has 0 bridgehead atoms. The normalized spacial score (nSPS) is 14.6. The highest BCUT2D eigenvalue weighted by Crippen LogP contribution is 2.38. The fourth-order valence-corrected chi connectivity index (χ4v) is 3.93. The molecule has 1 heterocycles. The molecule has 1 atom stereocenters. The van der Waals surface area contributed by atoms with Crippen molar-refractivity contribution in [1.82, 2.24) is 4.90 Å². The number of rotatable bonds is 10. The van der Waals surface area contributed by atoms with Crippen molar-refractivity contribution in [2.45, 2.75) is 12.7 Å². The van der Waals surface area contributed by atoms with Gasteiger partial charge in [0.15, 0.2) is 11.5 Å². The molecule has 2 aromatic carbocycles. The van der Waals surface area contributed by atoms with E-state index >= 15 is 0 Å². The quantitative estimate of drug-likeness (QED) is 0.507. The monoisotopic (exact) mass is 522 g/mol. The standard InChI is InChI=1S/C23H31ClN2O5.2ClH/c1-28-21-11-17(12-22(29-2)23(21)30-3)15-31-16-20(27)14-25-7-9-26(10-8-25)19-6-4-5-18(24)13-19;;/h4-6,11-13,20,27H,7-10,14-16H2,1-3H3;2*1H. The topological polar surface area (TPSA) is 63.6 Å². The third-order valence-corrected chi connectivity index (χ3v) is 5.55. The Balaban J connectivity index is 0.00000272. The lowest BCUT2D eigenvalue weighted by Crippen LogP contribution is -2.49. The molecule has 0 saturated carbocycles. The van der Waals surface area contributed by atoms with Gasteiger partial charge in [-0.05, 0) is 35.9 Å². The van der Waals surface area contributed by atoms with Gasteiger partial charge < -0.3 is 29.0 Å². The van der Waals surface area contributed by atoms with E-state index in [1.807, 2.05) is 30.3 Å². The van der Waals surface area contributed by atoms with Crippen molar-refractivity contribution in [1.29, 1.82) is 0 Å². The molecule has 1 aliphatic heterocycles. The predicted octanol–water partition coefficient (Wildman–Crippen LogP) is 3.91. The van der Waals surface area contributed by atoms with E-state index in [-0.39, 0.29) is 31.4 Å². The van der Waals surface area contributed by atoms with Gasteiger partial charge in [-0.25, -0.2) is 0 Å². The Kier molecular flexibility index (Phi) is 13.0. The first-order valence-corrected chi connectivity index (χ1v) is 10.7. The molecule has 1 aliphatic rings. The van der Waals surface area contributed by atoms with Gasteiger partial charge in [-0.15, -0.1) is 24.8 Å². The molecule has 33 heavy (non-hydrogen) atoms. The smallest absolute Gasteiger partial charge is 0.203 e. The largest absolute Gasteiger partial charge is 0.493 e. The molecular formula is C23H33Cl3N2O5. The molecule has 0 aromatic heterocycles. The molecule has 0 radical (unpaired) electrons. The first-order valence-electron chi connectivity index (χ1n) is 10.3. The second-order valence-electron chi connectivity index (χ2n) is 7.47. The van der Waals surface area contributed by atoms with E-state index in [1.54, 1.807) is 21.3 Å². The third-order valence-electron chi connectivity index (χ3n) is 5.32. The van der Waals surface area contributed by atoms with Crippen LogP contribution in [0.1, 0.15) is 5.56 Å². The highest BCUT2D eigenvalue weighted by atomic mass is 35.5. The average molecular weight is 524 g/mol. The minimum Gasteiger partial charge on any atom is -0.493 e. The zero-order valence-corrected chi connectivity index (χ0v) is 21.5. The van der Waals surface area contributed by atoms with Crippen LogP contribution in [0, 0.1) is 0 Å². The van der Waals surface area contributed by atoms with Crippen molar-refractivity contribution in [2.75, 3.05) is 65.6 Å². The summed E-state index contributed by atoms with van der Waals surface area (Å²) in [7, 11) is 4.73. The Hall–Kier alpha value is -1.61. The van der Waals surface area contributed by atoms with E-state index < -0.39 is 6.10 Å². The van der Waals surface area contributed by atoms with Crippen molar-refractivity contribution in [3.63, 3.8) is 0 Å². The van der Waals surface area contributed by atoms with Crippen molar-refractivity contribution in [3.8, 4) is 17.2 Å². The number of aliphatic hydroxyl groups excluding tert-OH is 1. The van der Waals surface area contributed by atoms with E-state index in [2.05, 4.69) is 15.9 Å². The fourth-order valence-electron chi connectivity index (χ4n) is 3.74. The second kappa shape index (κ2) is 14.6. The van der Waals surface area contributed by atoms with Gasteiger partial charge in [0.25, 0.3) is 0 Å². The van der Waals surface area contributed by atoms with Crippen molar-refractivity contribution < 1.29 is 24.1 Å². The Morgan fingerprint density at radius 1 is 0.939 bits per heavy atom. The van der Waals surface area contributed by atoms with Crippen LogP contribution in [0.25, 0.3) is 0 Å². The lowest BCUT2D eigenvalue weighted by Gasteiger charge is -2.36. The summed E-state index contributed by atoms with van der Waals surface area (Å²) in [5.41, 5.74) is 2.03. The molecule has 186 valence electrons. The first kappa shape index (κ1) is 29.4. The lowest BCUT2D eigenvalue weighted by molar-refractivity contribution is 0.00905. The van der Waals surface area contributed by atoms with Gasteiger partial charge in [0.1, 0.15) is 0 Å². The molecule has 1 N–H and O–H groups in total. The summed E-state index contributed by atoms with van der Waals surface area (Å²) in [6, 6.07) is 11.6. The minimum atomic E-state index is -0.556. The van der Waals surface area contributed by atoms with Gasteiger partial charge in [-0.2, -0.15) is 0 Å². The summed E-state index contributed by atoms with van der Waals surface area (Å²) in [6.45, 7) is 4.76. The van der Waals surface area contributed by atoms with Crippen LogP contribution in [-0.2, 0) is 11.3 Å². The van der Waals surface area contributed by atoms with Gasteiger partial charge in [0, 0.05) is 43.4 Å². The first-order chi connectivity index (χ1) is 15.0. The number of hydrogen-bond donors (Lipinski definition) is 1. The van der Waals surface area contributed by atoms with Gasteiger partial charge in [0.05, 0.1) is 40.6 Å². The maximum Gasteiger partial charge on any atom is 0.203 e. The number of β-amino-alcohol motifs (C(OH)–C–C–N with tert-alkyl or cyclic N) is 1. The molecule has 2 aromatic rings. The number of ether oxygens (including phenoxy) is 4. The van der Waals surface area contributed by atoms with E-state index in [9.17, 15) is 5.11 Å². The van der Waals surface area contributed by atoms with Crippen LogP contribution in [0.15, 0.2) is 36.4 Å². The molecule has 1 fully saturated rings. The summed E-state index contributed by atoms with van der Waals surface area (Å²) in [6.07, 6.45) is -0.556. The SMILES string of the molecule is COc1cc(COCC(O)CN2CCN(c3cccc(Cl)c3)CC2)cc(OC)c1OC.Cl.Cl. The van der Waals surface area contributed by atoms with E-state index in [1.165, 1.54) is 0 Å². The van der Waals surface area contributed by atoms with Crippen LogP contribution in [0.5, 0.6) is 17.2 Å². The zero-order chi connectivity index (χ0) is 22.2. The van der Waals surface area contributed by atoms with Crippen LogP contribution >= 0.6 is 36.4 Å². The number of halogens is 3. The molecule has 1 unspecified atom stereocenters. The zero-order valence-electron chi connectivity index (χ0n) is 19.2. The van der Waals surface area contributed by atoms with Crippen LogP contribution in [-0.4, -0.2) is 76.8 Å². The summed E-state index contributed by atoms with van der Waals surface area (Å²) in [4.78, 5) is 4.57. The average Bonchev–Trinajstić information content (AvgIpc) is 2.78. The molecule has 3 rings (SSSR count). The molecule has 0 amide bonds. The maximum atomic E-state index is 10.4. The maximum absolute atomic E-state index is 10.4. The van der Waals surface area contributed by atoms with Crippen molar-refractivity contribution in [3.05, 3.63) is 47.0 Å². The van der Waals surface area contributed by atoms with Gasteiger partial charge in [0.2, 0.25) is 5.75 Å². The van der Waals surface area contributed by atoms with Crippen molar-refractivity contribution in [2.24, 2.45) is 0 Å². The van der Waals surface area contributed by atoms with Crippen LogP contribution < -0.4 is 19.1 Å². The van der Waals surface area contributed by atoms with E-state index in [4.69, 9.17) is 30.5 Å². The van der Waals surface area contributed by atoms with Crippen molar-refractivity contribution >= 4 is 42.1 Å². The van der Waals surface area contributed by atoms with Gasteiger partial charge >= 0.3 is 0 Å². The summed E-state index contributed by atoms with van der Waals surface area (Å²) in [5, 5.41) is 11.2. The van der Waals surface area contributed by atoms with Crippen LogP contribution in [0.4, 0.5) is 5.69 Å².